The van der Waals surface area contributed by atoms with E-state index in [1.165, 1.54) is 18.5 Å². The Balaban J connectivity index is 1.81. The lowest BCUT2D eigenvalue weighted by molar-refractivity contribution is 0.316. The van der Waals surface area contributed by atoms with E-state index in [0.717, 1.165) is 38.3 Å². The van der Waals surface area contributed by atoms with Gasteiger partial charge in [0.25, 0.3) is 0 Å². The third-order valence-electron chi connectivity index (χ3n) is 5.09. The highest BCUT2D eigenvalue weighted by molar-refractivity contribution is 6.66. The maximum absolute atomic E-state index is 6.07. The van der Waals surface area contributed by atoms with Gasteiger partial charge in [0.2, 0.25) is 9.74 Å². The average Bonchev–Trinajstić information content (AvgIpc) is 3.25. The second-order valence-corrected chi connectivity index (χ2v) is 9.28. The maximum atomic E-state index is 6.07. The van der Waals surface area contributed by atoms with Gasteiger partial charge in [0.1, 0.15) is 0 Å². The molecule has 2 heterocycles. The predicted molar refractivity (Wildman–Crippen MR) is 122 cm³/mol. The molecule has 2 aromatic rings. The minimum atomic E-state index is -1.72. The number of alkyl halides is 3. The first-order chi connectivity index (χ1) is 13.9. The molecule has 1 saturated heterocycles. The zero-order chi connectivity index (χ0) is 20.9. The molecule has 1 aliphatic heterocycles. The summed E-state index contributed by atoms with van der Waals surface area (Å²) in [7, 11) is 0. The number of likely N-dealkylation sites (N-methyl/N-ethyl adjacent to an activating group) is 1. The van der Waals surface area contributed by atoms with Crippen molar-refractivity contribution < 1.29 is 0 Å². The molecule has 0 bridgehead atoms. The molecule has 1 N–H and O–H groups in total. The molecule has 6 nitrogen and oxygen atoms in total. The Hall–Kier alpha value is -1.34. The lowest BCUT2D eigenvalue weighted by atomic mass is 10.2. The molecule has 1 fully saturated rings. The molecule has 1 aliphatic rings. The summed E-state index contributed by atoms with van der Waals surface area (Å²) in [5, 5.41) is 3.23. The first kappa shape index (κ1) is 22.3. The predicted octanol–water partition coefficient (Wildman–Crippen LogP) is 4.72. The highest BCUT2D eigenvalue weighted by atomic mass is 35.6. The number of anilines is 2. The standard InChI is InChI=1S/C20H27Cl3N6/c1-3-28(4-2)14-11-24-19-26-17(25-18(27-19)20(21,22)23)15-7-9-16(10-8-15)29-12-5-6-13-29/h7-10H,3-6,11-14H2,1-2H3,(H,24,25,26,27). The van der Waals surface area contributed by atoms with Crippen molar-refractivity contribution in [1.29, 1.82) is 0 Å². The van der Waals surface area contributed by atoms with Gasteiger partial charge < -0.3 is 15.1 Å². The van der Waals surface area contributed by atoms with Crippen LogP contribution in [0.25, 0.3) is 11.4 Å². The van der Waals surface area contributed by atoms with Crippen molar-refractivity contribution in [3.8, 4) is 11.4 Å². The zero-order valence-corrected chi connectivity index (χ0v) is 19.1. The van der Waals surface area contributed by atoms with E-state index in [-0.39, 0.29) is 5.82 Å². The number of hydrogen-bond acceptors (Lipinski definition) is 6. The van der Waals surface area contributed by atoms with Crippen LogP contribution in [0.4, 0.5) is 11.6 Å². The van der Waals surface area contributed by atoms with E-state index < -0.39 is 3.79 Å². The van der Waals surface area contributed by atoms with E-state index in [9.17, 15) is 0 Å². The summed E-state index contributed by atoms with van der Waals surface area (Å²) in [6.45, 7) is 10.0. The summed E-state index contributed by atoms with van der Waals surface area (Å²) in [6, 6.07) is 8.19. The third kappa shape index (κ3) is 6.07. The summed E-state index contributed by atoms with van der Waals surface area (Å²) < 4.78 is -1.72. The normalized spacial score (nSPS) is 14.6. The molecule has 3 rings (SSSR count). The van der Waals surface area contributed by atoms with Gasteiger partial charge >= 0.3 is 0 Å². The van der Waals surface area contributed by atoms with Crippen molar-refractivity contribution in [2.45, 2.75) is 30.5 Å². The Labute approximate surface area is 187 Å². The van der Waals surface area contributed by atoms with Gasteiger partial charge in [0.05, 0.1) is 0 Å². The fourth-order valence-electron chi connectivity index (χ4n) is 3.37. The fourth-order valence-corrected chi connectivity index (χ4v) is 3.63. The summed E-state index contributed by atoms with van der Waals surface area (Å²) >= 11 is 18.2. The van der Waals surface area contributed by atoms with Crippen molar-refractivity contribution in [2.24, 2.45) is 0 Å². The van der Waals surface area contributed by atoms with Gasteiger partial charge in [-0.15, -0.1) is 0 Å². The minimum absolute atomic E-state index is 0.112. The Morgan fingerprint density at radius 2 is 1.66 bits per heavy atom. The van der Waals surface area contributed by atoms with Crippen LogP contribution in [0.15, 0.2) is 24.3 Å². The Morgan fingerprint density at radius 1 is 1.00 bits per heavy atom. The summed E-state index contributed by atoms with van der Waals surface area (Å²) in [6.07, 6.45) is 2.48. The van der Waals surface area contributed by atoms with Gasteiger partial charge in [-0.25, -0.2) is 4.98 Å². The van der Waals surface area contributed by atoms with E-state index in [0.29, 0.717) is 18.3 Å². The van der Waals surface area contributed by atoms with Gasteiger partial charge in [-0.1, -0.05) is 48.7 Å². The molecular weight excluding hydrogens is 431 g/mol. The summed E-state index contributed by atoms with van der Waals surface area (Å²) in [4.78, 5) is 17.9. The molecule has 0 radical (unpaired) electrons. The number of nitrogens with zero attached hydrogens (tertiary/aromatic N) is 5. The first-order valence-electron chi connectivity index (χ1n) is 10.1. The molecule has 158 valence electrons. The Bertz CT molecular complexity index is 784. The van der Waals surface area contributed by atoms with E-state index in [4.69, 9.17) is 34.8 Å². The number of halogens is 3. The Kier molecular flexibility index (Phi) is 7.79. The molecule has 0 amide bonds. The van der Waals surface area contributed by atoms with Gasteiger partial charge in [-0.3, -0.25) is 0 Å². The number of hydrogen-bond donors (Lipinski definition) is 1. The first-order valence-corrected chi connectivity index (χ1v) is 11.2. The average molecular weight is 458 g/mol. The van der Waals surface area contributed by atoms with Crippen LogP contribution in [0.2, 0.25) is 0 Å². The molecule has 0 spiro atoms. The monoisotopic (exact) mass is 456 g/mol. The molecule has 0 saturated carbocycles. The van der Waals surface area contributed by atoms with Gasteiger partial charge in [0.15, 0.2) is 11.6 Å². The lowest BCUT2D eigenvalue weighted by Gasteiger charge is -2.19. The third-order valence-corrected chi connectivity index (χ3v) is 5.60. The summed E-state index contributed by atoms with van der Waals surface area (Å²) in [5.41, 5.74) is 2.07. The minimum Gasteiger partial charge on any atom is -0.372 e. The SMILES string of the molecule is CCN(CC)CCNc1nc(-c2ccc(N3CCCC3)cc2)nc(C(Cl)(Cl)Cl)n1. The number of benzene rings is 1. The van der Waals surface area contributed by atoms with Crippen molar-refractivity contribution in [3.05, 3.63) is 30.1 Å². The van der Waals surface area contributed by atoms with Crippen molar-refractivity contribution in [2.75, 3.05) is 49.5 Å². The highest BCUT2D eigenvalue weighted by Crippen LogP contribution is 2.37. The van der Waals surface area contributed by atoms with Crippen LogP contribution in [0, 0.1) is 0 Å². The van der Waals surface area contributed by atoms with Gasteiger partial charge in [-0.2, -0.15) is 9.97 Å². The topological polar surface area (TPSA) is 57.2 Å². The highest BCUT2D eigenvalue weighted by Gasteiger charge is 2.28. The smallest absolute Gasteiger partial charge is 0.250 e. The fraction of sp³-hybridized carbons (Fsp3) is 0.550. The molecule has 0 atom stereocenters. The van der Waals surface area contributed by atoms with Gasteiger partial charge in [-0.05, 0) is 50.2 Å². The molecule has 1 aromatic heterocycles. The molecule has 1 aromatic carbocycles. The molecule has 29 heavy (non-hydrogen) atoms. The second kappa shape index (κ2) is 10.1. The second-order valence-electron chi connectivity index (χ2n) is 7.00. The van der Waals surface area contributed by atoms with E-state index in [1.54, 1.807) is 0 Å². The van der Waals surface area contributed by atoms with Crippen molar-refractivity contribution >= 4 is 46.4 Å². The van der Waals surface area contributed by atoms with Crippen LogP contribution in [-0.4, -0.2) is 59.1 Å². The molecular formula is C20H27Cl3N6. The van der Waals surface area contributed by atoms with E-state index >= 15 is 0 Å². The van der Waals surface area contributed by atoms with Crippen molar-refractivity contribution in [1.82, 2.24) is 19.9 Å². The van der Waals surface area contributed by atoms with E-state index in [2.05, 4.69) is 56.0 Å². The molecule has 0 unspecified atom stereocenters. The van der Waals surface area contributed by atoms with Crippen LogP contribution >= 0.6 is 34.8 Å². The van der Waals surface area contributed by atoms with Crippen LogP contribution in [0.1, 0.15) is 32.5 Å². The van der Waals surface area contributed by atoms with Crippen LogP contribution < -0.4 is 10.2 Å². The van der Waals surface area contributed by atoms with E-state index in [1.807, 2.05) is 12.1 Å². The zero-order valence-electron chi connectivity index (χ0n) is 16.8. The number of nitrogens with one attached hydrogen (secondary N) is 1. The number of rotatable bonds is 8. The van der Waals surface area contributed by atoms with Crippen LogP contribution in [0.5, 0.6) is 0 Å². The van der Waals surface area contributed by atoms with Crippen LogP contribution in [0.3, 0.4) is 0 Å². The largest absolute Gasteiger partial charge is 0.372 e. The molecule has 0 aliphatic carbocycles. The number of aromatic nitrogens is 3. The van der Waals surface area contributed by atoms with Crippen molar-refractivity contribution in [3.63, 3.8) is 0 Å². The quantitative estimate of drug-likeness (QED) is 0.579. The lowest BCUT2D eigenvalue weighted by Crippen LogP contribution is -2.29. The van der Waals surface area contributed by atoms with Gasteiger partial charge in [0, 0.05) is 37.4 Å². The summed E-state index contributed by atoms with van der Waals surface area (Å²) in [5.74, 6) is 1.01. The maximum Gasteiger partial charge on any atom is 0.250 e. The molecule has 9 heteroatoms. The van der Waals surface area contributed by atoms with Crippen LogP contribution in [-0.2, 0) is 3.79 Å². The Morgan fingerprint density at radius 3 is 2.24 bits per heavy atom.